The van der Waals surface area contributed by atoms with E-state index < -0.39 is 5.97 Å². The lowest BCUT2D eigenvalue weighted by molar-refractivity contribution is -0.137. The van der Waals surface area contributed by atoms with Gasteiger partial charge in [-0.25, -0.2) is 4.39 Å². The van der Waals surface area contributed by atoms with Crippen molar-refractivity contribution in [2.75, 3.05) is 32.7 Å². The number of amides is 1. The Balaban J connectivity index is 0.000000555. The second kappa shape index (κ2) is 12.6. The summed E-state index contributed by atoms with van der Waals surface area (Å²) in [6.45, 7) is 4.32. The Morgan fingerprint density at radius 2 is 1.67 bits per heavy atom. The van der Waals surface area contributed by atoms with Gasteiger partial charge in [0.2, 0.25) is 0 Å². The van der Waals surface area contributed by atoms with Crippen molar-refractivity contribution in [1.82, 2.24) is 14.4 Å². The predicted octanol–water partition coefficient (Wildman–Crippen LogP) is 5.95. The molecule has 8 heteroatoms. The van der Waals surface area contributed by atoms with E-state index >= 15 is 0 Å². The van der Waals surface area contributed by atoms with Crippen LogP contribution < -0.4 is 0 Å². The third kappa shape index (κ3) is 6.75. The van der Waals surface area contributed by atoms with Crippen LogP contribution in [0.2, 0.25) is 0 Å². The van der Waals surface area contributed by atoms with Gasteiger partial charge in [-0.3, -0.25) is 9.59 Å². The number of aliphatic carboxylic acids is 1. The lowest BCUT2D eigenvalue weighted by Gasteiger charge is -2.33. The zero-order valence-corrected chi connectivity index (χ0v) is 22.7. The highest BCUT2D eigenvalue weighted by molar-refractivity contribution is 7.07. The molecular formula is C31H34FN3O3S. The molecule has 0 radical (unpaired) electrons. The molecule has 4 aromatic rings. The van der Waals surface area contributed by atoms with Crippen molar-refractivity contribution in [1.29, 1.82) is 0 Å². The highest BCUT2D eigenvalue weighted by Crippen LogP contribution is 2.30. The number of likely N-dealkylation sites (tertiary alicyclic amines) is 2. The number of carbonyl (C=O) groups is 2. The Kier molecular flexibility index (Phi) is 8.74. The van der Waals surface area contributed by atoms with Gasteiger partial charge in [0, 0.05) is 31.2 Å². The molecule has 1 amide bonds. The molecule has 0 spiro atoms. The van der Waals surface area contributed by atoms with Gasteiger partial charge in [-0.05, 0) is 84.8 Å². The number of nitrogens with zero attached hydrogens (tertiary/aromatic N) is 3. The highest BCUT2D eigenvalue weighted by atomic mass is 32.1. The molecule has 6 nitrogen and oxygen atoms in total. The van der Waals surface area contributed by atoms with Crippen LogP contribution in [0.1, 0.15) is 41.1 Å². The van der Waals surface area contributed by atoms with E-state index in [1.165, 1.54) is 5.56 Å². The number of benzene rings is 2. The van der Waals surface area contributed by atoms with Gasteiger partial charge < -0.3 is 19.5 Å². The number of hydrogen-bond acceptors (Lipinski definition) is 4. The maximum Gasteiger partial charge on any atom is 0.323 e. The summed E-state index contributed by atoms with van der Waals surface area (Å²) >= 11 is 1.71. The summed E-state index contributed by atoms with van der Waals surface area (Å²) < 4.78 is 14.9. The van der Waals surface area contributed by atoms with Gasteiger partial charge in [-0.2, -0.15) is 11.3 Å². The molecule has 204 valence electrons. The van der Waals surface area contributed by atoms with Crippen molar-refractivity contribution in [3.05, 3.63) is 94.6 Å². The van der Waals surface area contributed by atoms with Crippen molar-refractivity contribution in [3.63, 3.8) is 0 Å². The highest BCUT2D eigenvalue weighted by Gasteiger charge is 2.31. The molecule has 1 atom stereocenters. The number of carboxylic acid groups (broad SMARTS) is 1. The van der Waals surface area contributed by atoms with E-state index in [1.807, 2.05) is 58.1 Å². The van der Waals surface area contributed by atoms with E-state index in [-0.39, 0.29) is 18.3 Å². The molecule has 2 aromatic carbocycles. The minimum absolute atomic E-state index is 0.0199. The number of thiophene rings is 1. The number of fused-ring (bicyclic) bond motifs is 1. The minimum Gasteiger partial charge on any atom is -0.480 e. The first kappa shape index (κ1) is 27.1. The number of aromatic nitrogens is 1. The molecule has 4 heterocycles. The number of hydrogen-bond donors (Lipinski definition) is 1. The van der Waals surface area contributed by atoms with E-state index in [9.17, 15) is 19.1 Å². The number of rotatable bonds is 6. The van der Waals surface area contributed by atoms with Crippen LogP contribution in [0.3, 0.4) is 0 Å². The van der Waals surface area contributed by atoms with Crippen molar-refractivity contribution >= 4 is 34.1 Å². The van der Waals surface area contributed by atoms with Gasteiger partial charge in [0.05, 0.1) is 11.1 Å². The van der Waals surface area contributed by atoms with Crippen LogP contribution in [0.15, 0.2) is 77.6 Å². The Labute approximate surface area is 232 Å². The van der Waals surface area contributed by atoms with Crippen LogP contribution in [-0.4, -0.2) is 64.1 Å². The van der Waals surface area contributed by atoms with Gasteiger partial charge in [-0.15, -0.1) is 0 Å². The van der Waals surface area contributed by atoms with Crippen LogP contribution in [0.25, 0.3) is 10.9 Å². The van der Waals surface area contributed by atoms with Crippen molar-refractivity contribution in [3.8, 4) is 0 Å². The molecule has 0 saturated carbocycles. The Morgan fingerprint density at radius 3 is 2.33 bits per heavy atom. The first-order chi connectivity index (χ1) is 19.0. The fraction of sp³-hybridized carbons (Fsp3) is 0.355. The second-order valence-electron chi connectivity index (χ2n) is 10.4. The average molecular weight is 548 g/mol. The van der Waals surface area contributed by atoms with Crippen LogP contribution in [0, 0.1) is 11.7 Å². The third-order valence-electron chi connectivity index (χ3n) is 7.77. The number of para-hydroxylation sites is 1. The number of halogens is 1. The lowest BCUT2D eigenvalue weighted by Crippen LogP contribution is -2.38. The summed E-state index contributed by atoms with van der Waals surface area (Å²) in [5.41, 5.74) is 2.49. The zero-order valence-electron chi connectivity index (χ0n) is 21.9. The summed E-state index contributed by atoms with van der Waals surface area (Å²) in [5, 5.41) is 14.2. The Hall–Kier alpha value is -3.49. The predicted molar refractivity (Wildman–Crippen MR) is 153 cm³/mol. The molecule has 0 aliphatic carbocycles. The van der Waals surface area contributed by atoms with E-state index in [1.54, 1.807) is 40.3 Å². The maximum absolute atomic E-state index is 13.4. The van der Waals surface area contributed by atoms with E-state index in [2.05, 4.69) is 4.90 Å². The van der Waals surface area contributed by atoms with E-state index in [0.717, 1.165) is 57.4 Å². The maximum atomic E-state index is 13.4. The van der Waals surface area contributed by atoms with E-state index in [0.29, 0.717) is 22.9 Å². The van der Waals surface area contributed by atoms with Crippen LogP contribution in [-0.2, 0) is 11.3 Å². The molecule has 6 rings (SSSR count). The lowest BCUT2D eigenvalue weighted by atomic mass is 9.89. The molecular weight excluding hydrogens is 513 g/mol. The molecule has 0 unspecified atom stereocenters. The molecule has 2 aliphatic heterocycles. The first-order valence-electron chi connectivity index (χ1n) is 13.5. The Morgan fingerprint density at radius 1 is 0.923 bits per heavy atom. The molecule has 0 bridgehead atoms. The second-order valence-corrected chi connectivity index (χ2v) is 11.2. The smallest absolute Gasteiger partial charge is 0.323 e. The molecule has 1 N–H and O–H groups in total. The van der Waals surface area contributed by atoms with Gasteiger partial charge >= 0.3 is 5.97 Å². The summed E-state index contributed by atoms with van der Waals surface area (Å²) in [6, 6.07) is 18.4. The molecule has 2 aliphatic rings. The van der Waals surface area contributed by atoms with Gasteiger partial charge in [-0.1, -0.05) is 36.4 Å². The van der Waals surface area contributed by atoms with E-state index in [4.69, 9.17) is 0 Å². The summed E-state index contributed by atoms with van der Waals surface area (Å²) in [4.78, 5) is 29.1. The van der Waals surface area contributed by atoms with Crippen LogP contribution >= 0.6 is 11.3 Å². The molecule has 39 heavy (non-hydrogen) atoms. The van der Waals surface area contributed by atoms with Crippen LogP contribution in [0.5, 0.6) is 0 Å². The number of carbonyl (C=O) groups excluding carboxylic acids is 1. The molecule has 2 aromatic heterocycles. The van der Waals surface area contributed by atoms with Gasteiger partial charge in [0.1, 0.15) is 12.4 Å². The summed E-state index contributed by atoms with van der Waals surface area (Å²) in [6.07, 6.45) is 4.86. The Bertz CT molecular complexity index is 1360. The van der Waals surface area contributed by atoms with Gasteiger partial charge in [0.25, 0.3) is 5.91 Å². The third-order valence-corrected chi connectivity index (χ3v) is 8.40. The van der Waals surface area contributed by atoms with Crippen molar-refractivity contribution in [2.24, 2.45) is 5.92 Å². The summed E-state index contributed by atoms with van der Waals surface area (Å²) in [5.74, 6) is -0.206. The number of piperidine rings is 1. The first-order valence-corrected chi connectivity index (χ1v) is 14.5. The van der Waals surface area contributed by atoms with Crippen LogP contribution in [0.4, 0.5) is 4.39 Å². The monoisotopic (exact) mass is 547 g/mol. The topological polar surface area (TPSA) is 65.8 Å². The normalized spacial score (nSPS) is 18.2. The fourth-order valence-corrected chi connectivity index (χ4v) is 6.28. The summed E-state index contributed by atoms with van der Waals surface area (Å²) in [7, 11) is 0. The van der Waals surface area contributed by atoms with Crippen molar-refractivity contribution < 1.29 is 19.1 Å². The molecule has 2 saturated heterocycles. The zero-order chi connectivity index (χ0) is 27.2. The van der Waals surface area contributed by atoms with Crippen molar-refractivity contribution in [2.45, 2.75) is 31.7 Å². The van der Waals surface area contributed by atoms with Gasteiger partial charge in [0.15, 0.2) is 0 Å². The fourth-order valence-electron chi connectivity index (χ4n) is 5.82. The largest absolute Gasteiger partial charge is 0.480 e. The average Bonchev–Trinajstić information content (AvgIpc) is 3.73. The quantitative estimate of drug-likeness (QED) is 0.324. The minimum atomic E-state index is -0.927. The standard InChI is InChI=1S/C27H30FN3O3.C4H4S/c28-23-6-4-20(5-7-23)21-9-12-29(13-10-21)16-19-8-14-31(17-19)27(34)24-3-1-2-22-11-15-30(26(22)24)18-25(32)33;1-2-4-5-3-1/h1-7,11,15,19,21H,8-10,12-14,16-18H2,(H,32,33);1-4H/t19-;/m1./s1. The SMILES string of the molecule is O=C(O)Cn1ccc2cccc(C(=O)N3CC[C@H](CN4CCC(c5ccc(F)cc5)CC4)C3)c21.c1ccsc1. The number of carboxylic acids is 1. The molecule has 2 fully saturated rings.